The van der Waals surface area contributed by atoms with E-state index < -0.39 is 0 Å². The highest BCUT2D eigenvalue weighted by molar-refractivity contribution is 5.76. The largest absolute Gasteiger partial charge is 0.342 e. The highest BCUT2D eigenvalue weighted by Gasteiger charge is 2.24. The average molecular weight is 225 g/mol. The van der Waals surface area contributed by atoms with E-state index in [0.717, 1.165) is 19.5 Å². The molecule has 1 heterocycles. The third-order valence-electron chi connectivity index (χ3n) is 3.49. The van der Waals surface area contributed by atoms with Crippen LogP contribution in [0, 0.1) is 11.8 Å². The van der Waals surface area contributed by atoms with Crippen molar-refractivity contribution in [2.45, 2.75) is 59.3 Å². The van der Waals surface area contributed by atoms with Crippen molar-refractivity contribution < 1.29 is 4.79 Å². The fraction of sp³-hybridized carbons (Fsp3) is 0.929. The van der Waals surface area contributed by atoms with Crippen molar-refractivity contribution in [2.24, 2.45) is 11.8 Å². The molecule has 1 saturated heterocycles. The van der Waals surface area contributed by atoms with Gasteiger partial charge in [-0.3, -0.25) is 4.79 Å². The molecule has 0 aliphatic carbocycles. The lowest BCUT2D eigenvalue weighted by Crippen LogP contribution is -2.33. The number of hydrogen-bond donors (Lipinski definition) is 0. The van der Waals surface area contributed by atoms with Crippen molar-refractivity contribution >= 4 is 5.91 Å². The van der Waals surface area contributed by atoms with Gasteiger partial charge < -0.3 is 4.90 Å². The maximum Gasteiger partial charge on any atom is 0.222 e. The summed E-state index contributed by atoms with van der Waals surface area (Å²) < 4.78 is 0. The van der Waals surface area contributed by atoms with Gasteiger partial charge in [0.2, 0.25) is 5.91 Å². The van der Waals surface area contributed by atoms with Crippen molar-refractivity contribution in [1.82, 2.24) is 4.90 Å². The van der Waals surface area contributed by atoms with Gasteiger partial charge in [0.1, 0.15) is 0 Å². The van der Waals surface area contributed by atoms with Gasteiger partial charge in [0.15, 0.2) is 0 Å². The number of amides is 1. The van der Waals surface area contributed by atoms with Gasteiger partial charge in [-0.05, 0) is 24.7 Å². The Bertz CT molecular complexity index is 215. The maximum atomic E-state index is 12.0. The van der Waals surface area contributed by atoms with Gasteiger partial charge in [0.05, 0.1) is 0 Å². The quantitative estimate of drug-likeness (QED) is 0.656. The smallest absolute Gasteiger partial charge is 0.222 e. The second kappa shape index (κ2) is 6.93. The van der Waals surface area contributed by atoms with Crippen LogP contribution in [-0.2, 0) is 4.79 Å². The maximum absolute atomic E-state index is 12.0. The summed E-state index contributed by atoms with van der Waals surface area (Å²) in [6, 6.07) is 0. The Morgan fingerprint density at radius 2 is 1.94 bits per heavy atom. The Hall–Kier alpha value is -0.530. The van der Waals surface area contributed by atoms with E-state index in [9.17, 15) is 4.79 Å². The normalized spacial score (nSPS) is 26.9. The summed E-state index contributed by atoms with van der Waals surface area (Å²) in [5, 5.41) is 0. The number of hydrogen-bond acceptors (Lipinski definition) is 1. The van der Waals surface area contributed by atoms with Crippen molar-refractivity contribution in [3.05, 3.63) is 0 Å². The van der Waals surface area contributed by atoms with Gasteiger partial charge in [-0.1, -0.05) is 40.0 Å². The zero-order chi connectivity index (χ0) is 12.0. The first-order chi connectivity index (χ1) is 7.63. The molecular weight excluding hydrogens is 198 g/mol. The van der Waals surface area contributed by atoms with E-state index in [2.05, 4.69) is 25.7 Å². The Labute approximate surface area is 100 Å². The molecule has 1 amide bonds. The minimum Gasteiger partial charge on any atom is -0.342 e. The molecule has 2 nitrogen and oxygen atoms in total. The second-order valence-electron chi connectivity index (χ2n) is 5.55. The predicted molar refractivity (Wildman–Crippen MR) is 68.3 cm³/mol. The molecule has 0 aromatic carbocycles. The topological polar surface area (TPSA) is 20.3 Å². The first-order valence-corrected chi connectivity index (χ1v) is 6.91. The number of rotatable bonds is 5. The van der Waals surface area contributed by atoms with Crippen LogP contribution in [0.4, 0.5) is 0 Å². The van der Waals surface area contributed by atoms with Crippen LogP contribution in [0.15, 0.2) is 0 Å². The number of likely N-dealkylation sites (tertiary alicyclic amines) is 1. The van der Waals surface area contributed by atoms with Gasteiger partial charge in [-0.15, -0.1) is 0 Å². The Morgan fingerprint density at radius 3 is 2.62 bits per heavy atom. The van der Waals surface area contributed by atoms with Crippen LogP contribution in [0.25, 0.3) is 0 Å². The molecule has 0 aromatic heterocycles. The van der Waals surface area contributed by atoms with Gasteiger partial charge in [-0.25, -0.2) is 0 Å². The average Bonchev–Trinajstić information content (AvgIpc) is 2.32. The van der Waals surface area contributed by atoms with Crippen molar-refractivity contribution in [3.63, 3.8) is 0 Å². The molecule has 1 fully saturated rings. The lowest BCUT2D eigenvalue weighted by atomic mass is 9.97. The lowest BCUT2D eigenvalue weighted by Gasteiger charge is -2.22. The number of carbonyl (C=O) groups excluding carboxylic acids is 1. The van der Waals surface area contributed by atoms with E-state index in [-0.39, 0.29) is 0 Å². The Balaban J connectivity index is 2.35. The van der Waals surface area contributed by atoms with E-state index in [1.165, 1.54) is 32.1 Å². The molecule has 1 aliphatic rings. The van der Waals surface area contributed by atoms with Crippen LogP contribution < -0.4 is 0 Å². The molecule has 0 bridgehead atoms. The molecule has 16 heavy (non-hydrogen) atoms. The fourth-order valence-corrected chi connectivity index (χ4v) is 2.70. The third-order valence-corrected chi connectivity index (χ3v) is 3.49. The summed E-state index contributed by atoms with van der Waals surface area (Å²) in [6.45, 7) is 8.66. The van der Waals surface area contributed by atoms with Gasteiger partial charge in [0.25, 0.3) is 0 Å². The summed E-state index contributed by atoms with van der Waals surface area (Å²) in [6.07, 6.45) is 6.98. The monoisotopic (exact) mass is 225 g/mol. The minimum atomic E-state index is 0.383. The first kappa shape index (κ1) is 13.5. The molecular formula is C14H27NO. The van der Waals surface area contributed by atoms with E-state index in [0.29, 0.717) is 17.7 Å². The van der Waals surface area contributed by atoms with E-state index in [1.54, 1.807) is 0 Å². The zero-order valence-electron chi connectivity index (χ0n) is 11.2. The molecule has 0 saturated carbocycles. The number of carbonyl (C=O) groups is 1. The summed E-state index contributed by atoms with van der Waals surface area (Å²) in [7, 11) is 0. The molecule has 0 N–H and O–H groups in total. The number of nitrogens with zero attached hydrogens (tertiary/aromatic N) is 1. The van der Waals surface area contributed by atoms with Gasteiger partial charge >= 0.3 is 0 Å². The predicted octanol–water partition coefficient (Wildman–Crippen LogP) is 3.46. The standard InChI is InChI=1S/C14H27NO/c1-4-5-6-7-8-15-11-13(3)9-12(2)10-14(15)16/h12-13H,4-11H2,1-3H3/t12-,13+/m0/s1. The fourth-order valence-electron chi connectivity index (χ4n) is 2.70. The summed E-state index contributed by atoms with van der Waals surface area (Å²) in [5.74, 6) is 1.63. The molecule has 0 unspecified atom stereocenters. The van der Waals surface area contributed by atoms with Gasteiger partial charge in [-0.2, -0.15) is 0 Å². The summed E-state index contributed by atoms with van der Waals surface area (Å²) in [4.78, 5) is 14.1. The van der Waals surface area contributed by atoms with E-state index >= 15 is 0 Å². The van der Waals surface area contributed by atoms with Crippen molar-refractivity contribution in [3.8, 4) is 0 Å². The summed E-state index contributed by atoms with van der Waals surface area (Å²) >= 11 is 0. The number of unbranched alkanes of at least 4 members (excludes halogenated alkanes) is 3. The minimum absolute atomic E-state index is 0.383. The highest BCUT2D eigenvalue weighted by Crippen LogP contribution is 2.22. The highest BCUT2D eigenvalue weighted by atomic mass is 16.2. The van der Waals surface area contributed by atoms with Crippen LogP contribution in [0.5, 0.6) is 0 Å². The van der Waals surface area contributed by atoms with Crippen LogP contribution in [0.1, 0.15) is 59.3 Å². The molecule has 1 rings (SSSR count). The van der Waals surface area contributed by atoms with E-state index in [4.69, 9.17) is 0 Å². The second-order valence-corrected chi connectivity index (χ2v) is 5.55. The van der Waals surface area contributed by atoms with Crippen LogP contribution >= 0.6 is 0 Å². The van der Waals surface area contributed by atoms with E-state index in [1.807, 2.05) is 0 Å². The third kappa shape index (κ3) is 4.54. The zero-order valence-corrected chi connectivity index (χ0v) is 11.2. The molecule has 2 atom stereocenters. The molecule has 2 heteroatoms. The molecule has 1 aliphatic heterocycles. The van der Waals surface area contributed by atoms with Gasteiger partial charge in [0, 0.05) is 19.5 Å². The Kier molecular flexibility index (Phi) is 5.86. The molecule has 94 valence electrons. The Morgan fingerprint density at radius 1 is 1.19 bits per heavy atom. The van der Waals surface area contributed by atoms with Crippen LogP contribution in [0.3, 0.4) is 0 Å². The SMILES string of the molecule is CCCCCCN1C[C@H](C)C[C@H](C)CC1=O. The van der Waals surface area contributed by atoms with Crippen LogP contribution in [0.2, 0.25) is 0 Å². The first-order valence-electron chi connectivity index (χ1n) is 6.91. The van der Waals surface area contributed by atoms with Crippen molar-refractivity contribution in [1.29, 1.82) is 0 Å². The molecule has 0 spiro atoms. The van der Waals surface area contributed by atoms with Crippen molar-refractivity contribution in [2.75, 3.05) is 13.1 Å². The summed E-state index contributed by atoms with van der Waals surface area (Å²) in [5.41, 5.74) is 0. The molecule has 0 aromatic rings. The van der Waals surface area contributed by atoms with Crippen LogP contribution in [-0.4, -0.2) is 23.9 Å². The molecule has 0 radical (unpaired) electrons. The lowest BCUT2D eigenvalue weighted by molar-refractivity contribution is -0.131.